The van der Waals surface area contributed by atoms with Gasteiger partial charge in [0.25, 0.3) is 0 Å². The zero-order chi connectivity index (χ0) is 14.0. The highest BCUT2D eigenvalue weighted by Crippen LogP contribution is 2.24. The maximum absolute atomic E-state index is 12.4. The monoisotopic (exact) mass is 296 g/mol. The molecule has 1 aromatic heterocycles. The minimum absolute atomic E-state index is 0.163. The molecule has 0 amide bonds. The van der Waals surface area contributed by atoms with E-state index in [2.05, 4.69) is 0 Å². The van der Waals surface area contributed by atoms with Crippen molar-refractivity contribution in [2.75, 3.05) is 12.8 Å². The molecule has 4 nitrogen and oxygen atoms in total. The van der Waals surface area contributed by atoms with Gasteiger partial charge >= 0.3 is 0 Å². The quantitative estimate of drug-likeness (QED) is 0.882. The molecule has 1 heterocycles. The van der Waals surface area contributed by atoms with Crippen LogP contribution < -0.4 is 5.73 Å². The molecule has 6 heteroatoms. The third-order valence-electron chi connectivity index (χ3n) is 2.84. The molecule has 0 saturated carbocycles. The van der Waals surface area contributed by atoms with Crippen LogP contribution in [0.25, 0.3) is 0 Å². The molecule has 2 rings (SSSR count). The van der Waals surface area contributed by atoms with Crippen molar-refractivity contribution in [1.29, 1.82) is 0 Å². The van der Waals surface area contributed by atoms with Crippen LogP contribution in [0.4, 0.5) is 5.69 Å². The molecule has 1 aromatic carbocycles. The van der Waals surface area contributed by atoms with Crippen LogP contribution in [-0.4, -0.2) is 19.8 Å². The Bertz CT molecular complexity index is 664. The molecule has 0 fully saturated rings. The third-order valence-corrected chi connectivity index (χ3v) is 5.45. The van der Waals surface area contributed by atoms with Crippen LogP contribution in [0, 0.1) is 6.92 Å². The molecule has 19 heavy (non-hydrogen) atoms. The second kappa shape index (κ2) is 5.32. The van der Waals surface area contributed by atoms with E-state index in [1.807, 2.05) is 23.8 Å². The topological polar surface area (TPSA) is 63.4 Å². The number of hydrogen-bond donors (Lipinski definition) is 1. The summed E-state index contributed by atoms with van der Waals surface area (Å²) in [6, 6.07) is 6.90. The van der Waals surface area contributed by atoms with Gasteiger partial charge in [0.2, 0.25) is 10.0 Å². The van der Waals surface area contributed by atoms with Crippen LogP contribution >= 0.6 is 11.3 Å². The Hall–Kier alpha value is -1.37. The number of anilines is 1. The molecular weight excluding hydrogens is 280 g/mol. The Labute approximate surface area is 117 Å². The van der Waals surface area contributed by atoms with Gasteiger partial charge in [-0.15, -0.1) is 0 Å². The van der Waals surface area contributed by atoms with Crippen molar-refractivity contribution in [3.8, 4) is 0 Å². The van der Waals surface area contributed by atoms with E-state index in [9.17, 15) is 8.42 Å². The summed E-state index contributed by atoms with van der Waals surface area (Å²) in [6.07, 6.45) is 0. The number of nitrogens with zero attached hydrogens (tertiary/aromatic N) is 1. The molecule has 2 aromatic rings. The van der Waals surface area contributed by atoms with E-state index in [0.29, 0.717) is 6.54 Å². The first kappa shape index (κ1) is 14.0. The van der Waals surface area contributed by atoms with Gasteiger partial charge in [0.15, 0.2) is 0 Å². The van der Waals surface area contributed by atoms with E-state index in [4.69, 9.17) is 5.73 Å². The van der Waals surface area contributed by atoms with Crippen LogP contribution in [-0.2, 0) is 16.6 Å². The molecule has 0 aliphatic heterocycles. The average molecular weight is 296 g/mol. The molecule has 0 spiro atoms. The van der Waals surface area contributed by atoms with Crippen LogP contribution in [0.5, 0.6) is 0 Å². The van der Waals surface area contributed by atoms with E-state index in [1.54, 1.807) is 36.6 Å². The summed E-state index contributed by atoms with van der Waals surface area (Å²) < 4.78 is 26.2. The number of nitrogen functional groups attached to an aromatic ring is 1. The van der Waals surface area contributed by atoms with Crippen molar-refractivity contribution >= 4 is 27.0 Å². The van der Waals surface area contributed by atoms with Crippen LogP contribution in [0.3, 0.4) is 0 Å². The van der Waals surface area contributed by atoms with Crippen molar-refractivity contribution in [2.45, 2.75) is 18.4 Å². The lowest BCUT2D eigenvalue weighted by Gasteiger charge is -2.18. The summed E-state index contributed by atoms with van der Waals surface area (Å²) in [5.41, 5.74) is 8.02. The van der Waals surface area contributed by atoms with E-state index >= 15 is 0 Å². The van der Waals surface area contributed by atoms with E-state index in [1.165, 1.54) is 4.31 Å². The molecule has 0 radical (unpaired) electrons. The Balaban J connectivity index is 2.31. The normalized spacial score (nSPS) is 11.9. The average Bonchev–Trinajstić information content (AvgIpc) is 2.81. The third kappa shape index (κ3) is 2.97. The first-order valence-electron chi connectivity index (χ1n) is 5.75. The smallest absolute Gasteiger partial charge is 0.245 e. The Morgan fingerprint density at radius 3 is 2.63 bits per heavy atom. The number of rotatable bonds is 4. The van der Waals surface area contributed by atoms with Crippen LogP contribution in [0.15, 0.2) is 39.9 Å². The molecule has 0 unspecified atom stereocenters. The fraction of sp³-hybridized carbons (Fsp3) is 0.231. The summed E-state index contributed by atoms with van der Waals surface area (Å²) in [5.74, 6) is 0. The molecule has 0 aliphatic rings. The summed E-state index contributed by atoms with van der Waals surface area (Å²) >= 11 is 1.55. The van der Waals surface area contributed by atoms with E-state index in [-0.39, 0.29) is 10.6 Å². The Morgan fingerprint density at radius 2 is 2.05 bits per heavy atom. The van der Waals surface area contributed by atoms with Gasteiger partial charge in [0, 0.05) is 13.6 Å². The second-order valence-corrected chi connectivity index (χ2v) is 7.23. The summed E-state index contributed by atoms with van der Waals surface area (Å²) in [6.45, 7) is 2.22. The minimum atomic E-state index is -3.55. The fourth-order valence-electron chi connectivity index (χ4n) is 1.80. The highest BCUT2D eigenvalue weighted by molar-refractivity contribution is 7.89. The van der Waals surface area contributed by atoms with Crippen LogP contribution in [0.1, 0.15) is 11.1 Å². The number of thiophene rings is 1. The van der Waals surface area contributed by atoms with E-state index in [0.717, 1.165) is 11.1 Å². The zero-order valence-electron chi connectivity index (χ0n) is 10.8. The largest absolute Gasteiger partial charge is 0.398 e. The predicted octanol–water partition coefficient (Wildman–Crippen LogP) is 2.46. The van der Waals surface area contributed by atoms with Gasteiger partial charge in [-0.25, -0.2) is 8.42 Å². The lowest BCUT2D eigenvalue weighted by atomic mass is 10.2. The molecule has 0 bridgehead atoms. The maximum atomic E-state index is 12.4. The SMILES string of the molecule is Cc1ccc(S(=O)(=O)N(C)Cc2ccsc2)c(N)c1. The molecular formula is C13H16N2O2S2. The lowest BCUT2D eigenvalue weighted by Crippen LogP contribution is -2.27. The molecule has 102 valence electrons. The molecule has 0 atom stereocenters. The standard InChI is InChI=1S/C13H16N2O2S2/c1-10-3-4-13(12(14)7-10)19(16,17)15(2)8-11-5-6-18-9-11/h3-7,9H,8,14H2,1-2H3. The lowest BCUT2D eigenvalue weighted by molar-refractivity contribution is 0.467. The second-order valence-electron chi connectivity index (χ2n) is 4.43. The number of nitrogens with two attached hydrogens (primary N) is 1. The highest BCUT2D eigenvalue weighted by Gasteiger charge is 2.23. The van der Waals surface area contributed by atoms with Gasteiger partial charge in [-0.05, 0) is 47.0 Å². The number of benzene rings is 1. The maximum Gasteiger partial charge on any atom is 0.245 e. The van der Waals surface area contributed by atoms with Gasteiger partial charge in [0.05, 0.1) is 5.69 Å². The van der Waals surface area contributed by atoms with Gasteiger partial charge in [0.1, 0.15) is 4.90 Å². The molecule has 0 aliphatic carbocycles. The van der Waals surface area contributed by atoms with Crippen molar-refractivity contribution in [2.24, 2.45) is 0 Å². The molecule has 2 N–H and O–H groups in total. The first-order chi connectivity index (χ1) is 8.91. The van der Waals surface area contributed by atoms with Crippen molar-refractivity contribution in [3.05, 3.63) is 46.2 Å². The summed E-state index contributed by atoms with van der Waals surface area (Å²) in [5, 5.41) is 3.86. The van der Waals surface area contributed by atoms with Gasteiger partial charge < -0.3 is 5.73 Å². The summed E-state index contributed by atoms with van der Waals surface area (Å²) in [7, 11) is -1.99. The van der Waals surface area contributed by atoms with Crippen LogP contribution in [0.2, 0.25) is 0 Å². The van der Waals surface area contributed by atoms with E-state index < -0.39 is 10.0 Å². The summed E-state index contributed by atoms with van der Waals surface area (Å²) in [4.78, 5) is 0.163. The number of sulfonamides is 1. The number of hydrogen-bond acceptors (Lipinski definition) is 4. The zero-order valence-corrected chi connectivity index (χ0v) is 12.5. The fourth-order valence-corrected chi connectivity index (χ4v) is 3.71. The Kier molecular flexibility index (Phi) is 3.93. The van der Waals surface area contributed by atoms with Crippen molar-refractivity contribution in [1.82, 2.24) is 4.31 Å². The van der Waals surface area contributed by atoms with Crippen molar-refractivity contribution < 1.29 is 8.42 Å². The first-order valence-corrected chi connectivity index (χ1v) is 8.13. The van der Waals surface area contributed by atoms with Gasteiger partial charge in [-0.3, -0.25) is 0 Å². The van der Waals surface area contributed by atoms with Crippen molar-refractivity contribution in [3.63, 3.8) is 0 Å². The Morgan fingerprint density at radius 1 is 1.32 bits per heavy atom. The minimum Gasteiger partial charge on any atom is -0.398 e. The predicted molar refractivity (Wildman–Crippen MR) is 78.6 cm³/mol. The molecule has 0 saturated heterocycles. The highest BCUT2D eigenvalue weighted by atomic mass is 32.2. The van der Waals surface area contributed by atoms with Gasteiger partial charge in [-0.1, -0.05) is 6.07 Å². The van der Waals surface area contributed by atoms with Gasteiger partial charge in [-0.2, -0.15) is 15.6 Å². The number of aryl methyl sites for hydroxylation is 1.